The molecule has 0 aromatic carbocycles. The number of ether oxygens (including phenoxy) is 1. The standard InChI is InChI=1S/C13H23N3O2/c1-4-5-6-12-14-13(18-15-12)8-16-7-11(3)17-9-10(16)2/h10-11H,4-9H2,1-3H3/t10-,11+/m0/s1. The first-order valence-corrected chi connectivity index (χ1v) is 6.86. The number of hydrogen-bond acceptors (Lipinski definition) is 5. The fourth-order valence-electron chi connectivity index (χ4n) is 2.16. The van der Waals surface area contributed by atoms with E-state index in [-0.39, 0.29) is 6.10 Å². The molecule has 0 N–H and O–H groups in total. The van der Waals surface area contributed by atoms with Gasteiger partial charge in [-0.2, -0.15) is 4.98 Å². The normalized spacial score (nSPS) is 25.5. The maximum absolute atomic E-state index is 5.61. The number of unbranched alkanes of at least 4 members (excludes halogenated alkanes) is 1. The molecule has 1 fully saturated rings. The molecule has 0 bridgehead atoms. The molecule has 102 valence electrons. The summed E-state index contributed by atoms with van der Waals surface area (Å²) in [5, 5.41) is 4.02. The van der Waals surface area contributed by atoms with E-state index in [1.165, 1.54) is 0 Å². The monoisotopic (exact) mass is 253 g/mol. The lowest BCUT2D eigenvalue weighted by Gasteiger charge is -2.35. The molecular weight excluding hydrogens is 230 g/mol. The molecule has 5 nitrogen and oxygen atoms in total. The molecule has 1 aliphatic rings. The molecule has 1 saturated heterocycles. The molecule has 1 aromatic rings. The van der Waals surface area contributed by atoms with Gasteiger partial charge in [0.2, 0.25) is 5.89 Å². The van der Waals surface area contributed by atoms with Crippen molar-refractivity contribution in [3.63, 3.8) is 0 Å². The van der Waals surface area contributed by atoms with Crippen LogP contribution in [-0.4, -0.2) is 40.3 Å². The van der Waals surface area contributed by atoms with E-state index in [1.54, 1.807) is 0 Å². The largest absolute Gasteiger partial charge is 0.376 e. The van der Waals surface area contributed by atoms with Crippen LogP contribution >= 0.6 is 0 Å². The zero-order valence-electron chi connectivity index (χ0n) is 11.6. The highest BCUT2D eigenvalue weighted by Crippen LogP contribution is 2.14. The van der Waals surface area contributed by atoms with Crippen LogP contribution < -0.4 is 0 Å². The van der Waals surface area contributed by atoms with Gasteiger partial charge in [-0.1, -0.05) is 18.5 Å². The minimum atomic E-state index is 0.281. The number of rotatable bonds is 5. The second-order valence-electron chi connectivity index (χ2n) is 5.13. The van der Waals surface area contributed by atoms with Crippen molar-refractivity contribution in [2.75, 3.05) is 13.2 Å². The molecule has 0 spiro atoms. The molecule has 0 unspecified atom stereocenters. The molecule has 5 heteroatoms. The molecule has 2 atom stereocenters. The van der Waals surface area contributed by atoms with Crippen molar-refractivity contribution in [1.82, 2.24) is 15.0 Å². The van der Waals surface area contributed by atoms with Crippen molar-refractivity contribution in [1.29, 1.82) is 0 Å². The third-order valence-electron chi connectivity index (χ3n) is 3.34. The summed E-state index contributed by atoms with van der Waals surface area (Å²) in [5.74, 6) is 1.56. The summed E-state index contributed by atoms with van der Waals surface area (Å²) >= 11 is 0. The predicted octanol–water partition coefficient (Wildman–Crippen LogP) is 2.02. The van der Waals surface area contributed by atoms with Crippen LogP contribution in [0.25, 0.3) is 0 Å². The van der Waals surface area contributed by atoms with Gasteiger partial charge in [0.25, 0.3) is 0 Å². The Balaban J connectivity index is 1.89. The maximum Gasteiger partial charge on any atom is 0.240 e. The molecule has 0 aliphatic carbocycles. The molecular formula is C13H23N3O2. The number of aromatic nitrogens is 2. The quantitative estimate of drug-likeness (QED) is 0.803. The van der Waals surface area contributed by atoms with Crippen molar-refractivity contribution >= 4 is 0 Å². The van der Waals surface area contributed by atoms with Gasteiger partial charge < -0.3 is 9.26 Å². The Morgan fingerprint density at radius 2 is 2.22 bits per heavy atom. The summed E-state index contributed by atoms with van der Waals surface area (Å²) in [6, 6.07) is 0.409. The van der Waals surface area contributed by atoms with Crippen LogP contribution in [0.2, 0.25) is 0 Å². The van der Waals surface area contributed by atoms with Gasteiger partial charge in [-0.05, 0) is 20.3 Å². The average molecular weight is 253 g/mol. The first-order chi connectivity index (χ1) is 8.69. The second kappa shape index (κ2) is 6.29. The Bertz CT molecular complexity index is 367. The smallest absolute Gasteiger partial charge is 0.240 e. The number of hydrogen-bond donors (Lipinski definition) is 0. The molecule has 0 saturated carbocycles. The van der Waals surface area contributed by atoms with Crippen LogP contribution in [0.5, 0.6) is 0 Å². The Morgan fingerprint density at radius 1 is 1.39 bits per heavy atom. The van der Waals surface area contributed by atoms with E-state index >= 15 is 0 Å². The van der Waals surface area contributed by atoms with Gasteiger partial charge in [0, 0.05) is 19.0 Å². The van der Waals surface area contributed by atoms with Crippen LogP contribution in [0.3, 0.4) is 0 Å². The summed E-state index contributed by atoms with van der Waals surface area (Å²) in [7, 11) is 0. The van der Waals surface area contributed by atoms with Gasteiger partial charge in [-0.3, -0.25) is 4.90 Å². The molecule has 0 amide bonds. The third-order valence-corrected chi connectivity index (χ3v) is 3.34. The SMILES string of the molecule is CCCCc1noc(CN2C[C@@H](C)OC[C@@H]2C)n1. The first-order valence-electron chi connectivity index (χ1n) is 6.86. The third kappa shape index (κ3) is 3.53. The zero-order valence-corrected chi connectivity index (χ0v) is 11.6. The second-order valence-corrected chi connectivity index (χ2v) is 5.13. The fourth-order valence-corrected chi connectivity index (χ4v) is 2.16. The van der Waals surface area contributed by atoms with E-state index in [1.807, 2.05) is 0 Å². The highest BCUT2D eigenvalue weighted by molar-refractivity contribution is 4.88. The van der Waals surface area contributed by atoms with Crippen LogP contribution in [0, 0.1) is 0 Å². The molecule has 1 aromatic heterocycles. The van der Waals surface area contributed by atoms with Crippen molar-refractivity contribution in [3.8, 4) is 0 Å². The van der Waals surface area contributed by atoms with E-state index < -0.39 is 0 Å². The maximum atomic E-state index is 5.61. The lowest BCUT2D eigenvalue weighted by molar-refractivity contribution is -0.0555. The number of aryl methyl sites for hydroxylation is 1. The molecule has 0 radical (unpaired) electrons. The van der Waals surface area contributed by atoms with Gasteiger partial charge >= 0.3 is 0 Å². The Kier molecular flexibility index (Phi) is 4.72. The highest BCUT2D eigenvalue weighted by atomic mass is 16.5. The van der Waals surface area contributed by atoms with Crippen molar-refractivity contribution < 1.29 is 9.26 Å². The van der Waals surface area contributed by atoms with E-state index in [0.29, 0.717) is 6.04 Å². The predicted molar refractivity (Wildman–Crippen MR) is 68.2 cm³/mol. The minimum absolute atomic E-state index is 0.281. The van der Waals surface area contributed by atoms with E-state index in [2.05, 4.69) is 35.8 Å². The van der Waals surface area contributed by atoms with Gasteiger partial charge in [-0.15, -0.1) is 0 Å². The zero-order chi connectivity index (χ0) is 13.0. The fraction of sp³-hybridized carbons (Fsp3) is 0.846. The lowest BCUT2D eigenvalue weighted by Crippen LogP contribution is -2.46. The Labute approximate surface area is 108 Å². The van der Waals surface area contributed by atoms with Crippen LogP contribution in [0.4, 0.5) is 0 Å². The number of morpholine rings is 1. The summed E-state index contributed by atoms with van der Waals surface area (Å²) in [6.45, 7) is 8.86. The van der Waals surface area contributed by atoms with Gasteiger partial charge in [0.05, 0.1) is 19.3 Å². The van der Waals surface area contributed by atoms with Gasteiger partial charge in [-0.25, -0.2) is 0 Å². The highest BCUT2D eigenvalue weighted by Gasteiger charge is 2.25. The van der Waals surface area contributed by atoms with E-state index in [0.717, 1.165) is 50.7 Å². The lowest BCUT2D eigenvalue weighted by atomic mass is 10.2. The Hall–Kier alpha value is -0.940. The van der Waals surface area contributed by atoms with E-state index in [9.17, 15) is 0 Å². The van der Waals surface area contributed by atoms with Crippen LogP contribution in [0.1, 0.15) is 45.3 Å². The topological polar surface area (TPSA) is 51.4 Å². The van der Waals surface area contributed by atoms with Crippen molar-refractivity contribution in [3.05, 3.63) is 11.7 Å². The van der Waals surface area contributed by atoms with Crippen molar-refractivity contribution in [2.24, 2.45) is 0 Å². The van der Waals surface area contributed by atoms with Gasteiger partial charge in [0.15, 0.2) is 5.82 Å². The summed E-state index contributed by atoms with van der Waals surface area (Å²) in [6.07, 6.45) is 3.46. The first kappa shape index (κ1) is 13.5. The summed E-state index contributed by atoms with van der Waals surface area (Å²) in [4.78, 5) is 6.78. The van der Waals surface area contributed by atoms with Gasteiger partial charge in [0.1, 0.15) is 0 Å². The molecule has 18 heavy (non-hydrogen) atoms. The average Bonchev–Trinajstić information content (AvgIpc) is 2.79. The summed E-state index contributed by atoms with van der Waals surface area (Å²) in [5.41, 5.74) is 0. The van der Waals surface area contributed by atoms with Crippen LogP contribution in [-0.2, 0) is 17.7 Å². The molecule has 1 aliphatic heterocycles. The number of nitrogens with zero attached hydrogens (tertiary/aromatic N) is 3. The Morgan fingerprint density at radius 3 is 3.00 bits per heavy atom. The molecule has 2 heterocycles. The summed E-state index contributed by atoms with van der Waals surface area (Å²) < 4.78 is 10.9. The van der Waals surface area contributed by atoms with E-state index in [4.69, 9.17) is 9.26 Å². The van der Waals surface area contributed by atoms with Crippen molar-refractivity contribution in [2.45, 2.75) is 58.7 Å². The minimum Gasteiger partial charge on any atom is -0.376 e. The van der Waals surface area contributed by atoms with Crippen LogP contribution in [0.15, 0.2) is 4.52 Å². The molecule has 2 rings (SSSR count).